The van der Waals surface area contributed by atoms with E-state index in [-0.39, 0.29) is 41.8 Å². The van der Waals surface area contributed by atoms with Crippen LogP contribution in [0, 0.1) is 13.8 Å². The van der Waals surface area contributed by atoms with Gasteiger partial charge in [-0.1, -0.05) is 0 Å². The number of benzene rings is 2. The number of piperidine rings is 1. The van der Waals surface area contributed by atoms with Gasteiger partial charge in [-0.15, -0.1) is 11.3 Å². The summed E-state index contributed by atoms with van der Waals surface area (Å²) >= 11 is 1.39. The SMILES string of the molecule is CC(=O)Nc1cc(NCCOCCOCCOCCOCCOCCNC(=O)CN2CCC(n3nc(N4CCCc5cc(-c6cnn(C)c6)c(C(F)F)cc54)c4c3CCN(C(C)=O)C4)CC2)ccc1C(=O)Nc1nc(C)c(C)s1. The number of ether oxygens (including phenoxy) is 5. The minimum Gasteiger partial charge on any atom is -0.383 e. The fraction of sp³-hybridized carbons (Fsp3) is 0.545. The van der Waals surface area contributed by atoms with Crippen LogP contribution in [0.3, 0.4) is 0 Å². The number of rotatable bonds is 28. The Morgan fingerprint density at radius 1 is 0.823 bits per heavy atom. The van der Waals surface area contributed by atoms with Crippen LogP contribution in [0.5, 0.6) is 0 Å². The summed E-state index contributed by atoms with van der Waals surface area (Å²) in [5, 5.41) is 21.7. The number of carbonyl (C=O) groups is 4. The molecule has 5 aromatic rings. The van der Waals surface area contributed by atoms with Gasteiger partial charge in [0, 0.05) is 111 Å². The summed E-state index contributed by atoms with van der Waals surface area (Å²) in [5.74, 6) is -0.00249. The Morgan fingerprint density at radius 3 is 2.13 bits per heavy atom. The van der Waals surface area contributed by atoms with Gasteiger partial charge in [0.1, 0.15) is 0 Å². The van der Waals surface area contributed by atoms with E-state index >= 15 is 0 Å². The van der Waals surface area contributed by atoms with Crippen molar-refractivity contribution in [3.63, 3.8) is 0 Å². The number of fused-ring (bicyclic) bond motifs is 2. The molecule has 3 aromatic heterocycles. The van der Waals surface area contributed by atoms with E-state index in [1.54, 1.807) is 55.3 Å². The summed E-state index contributed by atoms with van der Waals surface area (Å²) in [4.78, 5) is 61.8. The molecule has 0 radical (unpaired) electrons. The fourth-order valence-corrected chi connectivity index (χ4v) is 10.8. The highest BCUT2D eigenvalue weighted by atomic mass is 32.1. The van der Waals surface area contributed by atoms with Crippen molar-refractivity contribution in [2.75, 3.05) is 133 Å². The number of amides is 4. The second kappa shape index (κ2) is 28.6. The van der Waals surface area contributed by atoms with Crippen molar-refractivity contribution in [3.8, 4) is 11.1 Å². The van der Waals surface area contributed by atoms with E-state index in [4.69, 9.17) is 28.8 Å². The monoisotopic (exact) mass is 1120 g/mol. The number of hydrogen-bond acceptors (Lipinski definition) is 16. The second-order valence-electron chi connectivity index (χ2n) is 19.8. The molecule has 0 saturated carbocycles. The number of thiazole rings is 1. The molecule has 24 heteroatoms. The zero-order chi connectivity index (χ0) is 55.8. The van der Waals surface area contributed by atoms with Crippen molar-refractivity contribution in [1.82, 2.24) is 39.7 Å². The average Bonchev–Trinajstić information content (AvgIpc) is 4.37. The average molecular weight is 1120 g/mol. The number of nitrogens with one attached hydrogen (secondary N) is 4. The number of anilines is 5. The van der Waals surface area contributed by atoms with Gasteiger partial charge in [-0.25, -0.2) is 13.8 Å². The normalized spacial score (nSPS) is 14.8. The van der Waals surface area contributed by atoms with Crippen LogP contribution in [0.15, 0.2) is 42.7 Å². The number of hydrogen-bond donors (Lipinski definition) is 4. The molecule has 3 aliphatic rings. The quantitative estimate of drug-likeness (QED) is 0.0396. The molecule has 2 aromatic carbocycles. The van der Waals surface area contributed by atoms with Gasteiger partial charge in [-0.3, -0.25) is 38.8 Å². The Balaban J connectivity index is 0.656. The Hall–Kier alpha value is -6.41. The van der Waals surface area contributed by atoms with E-state index in [1.807, 2.05) is 24.8 Å². The topological polar surface area (TPSA) is 221 Å². The third-order valence-electron chi connectivity index (χ3n) is 14.1. The Bertz CT molecular complexity index is 2850. The molecule has 3 aliphatic heterocycles. The van der Waals surface area contributed by atoms with Crippen molar-refractivity contribution in [1.29, 1.82) is 0 Å². The summed E-state index contributed by atoms with van der Waals surface area (Å²) in [6.45, 7) is 15.1. The zero-order valence-corrected chi connectivity index (χ0v) is 46.7. The lowest BCUT2D eigenvalue weighted by Crippen LogP contribution is -2.43. The molecule has 1 fully saturated rings. The van der Waals surface area contributed by atoms with Crippen molar-refractivity contribution >= 4 is 63.0 Å². The molecule has 21 nitrogen and oxygen atoms in total. The van der Waals surface area contributed by atoms with Gasteiger partial charge in [0.2, 0.25) is 17.7 Å². The van der Waals surface area contributed by atoms with E-state index in [2.05, 4.69) is 45.8 Å². The summed E-state index contributed by atoms with van der Waals surface area (Å²) in [6, 6.07) is 8.74. The third kappa shape index (κ3) is 16.1. The summed E-state index contributed by atoms with van der Waals surface area (Å²) < 4.78 is 61.3. The van der Waals surface area contributed by atoms with Crippen LogP contribution in [0.2, 0.25) is 0 Å². The zero-order valence-electron chi connectivity index (χ0n) is 45.9. The first-order chi connectivity index (χ1) is 38.2. The molecule has 428 valence electrons. The lowest BCUT2D eigenvalue weighted by molar-refractivity contribution is -0.129. The standard InChI is InChI=1S/C55H74F2N12O9S/c1-36-37(2)79-55(61-36)63-54(73)44-9-8-42(30-48(44)62-38(3)70)58-13-19-74-21-23-76-25-27-78-28-26-77-24-22-75-20-14-59-51(72)35-66-16-10-43(11-17-66)69-49-12-18-67(39(4)71)34-47(49)53(64-69)68-15-6-7-40-29-45(41-32-60-65(5)33-41)46(52(56)57)31-50(40)68/h8-9,29-33,43,52,58H,6-7,10-28,34-35H2,1-5H3,(H,59,72)(H,62,70)(H,61,63,73). The molecule has 0 bridgehead atoms. The Kier molecular flexibility index (Phi) is 21.3. The van der Waals surface area contributed by atoms with Gasteiger partial charge >= 0.3 is 0 Å². The summed E-state index contributed by atoms with van der Waals surface area (Å²) in [5.41, 5.74) is 7.17. The molecule has 0 unspecified atom stereocenters. The molecule has 79 heavy (non-hydrogen) atoms. The first-order valence-electron chi connectivity index (χ1n) is 27.1. The van der Waals surface area contributed by atoms with Gasteiger partial charge in [-0.05, 0) is 81.0 Å². The third-order valence-corrected chi connectivity index (χ3v) is 15.1. The predicted molar refractivity (Wildman–Crippen MR) is 297 cm³/mol. The van der Waals surface area contributed by atoms with Gasteiger partial charge in [0.15, 0.2) is 10.9 Å². The van der Waals surface area contributed by atoms with E-state index in [9.17, 15) is 28.0 Å². The van der Waals surface area contributed by atoms with Crippen molar-refractivity contribution in [3.05, 3.63) is 81.2 Å². The first kappa shape index (κ1) is 58.7. The number of nitrogens with zero attached hydrogens (tertiary/aromatic N) is 8. The lowest BCUT2D eigenvalue weighted by atomic mass is 9.92. The lowest BCUT2D eigenvalue weighted by Gasteiger charge is -2.33. The highest BCUT2D eigenvalue weighted by molar-refractivity contribution is 7.15. The molecule has 6 heterocycles. The molecule has 8 rings (SSSR count). The molecular weight excluding hydrogens is 1040 g/mol. The molecule has 0 spiro atoms. The van der Waals surface area contributed by atoms with Crippen LogP contribution >= 0.6 is 11.3 Å². The van der Waals surface area contributed by atoms with Crippen molar-refractivity contribution in [2.24, 2.45) is 7.05 Å². The Morgan fingerprint density at radius 2 is 1.51 bits per heavy atom. The van der Waals surface area contributed by atoms with Gasteiger partial charge in [0.25, 0.3) is 12.3 Å². The molecule has 1 saturated heterocycles. The number of likely N-dealkylation sites (tertiary alicyclic amines) is 1. The smallest absolute Gasteiger partial charge is 0.264 e. The summed E-state index contributed by atoms with van der Waals surface area (Å²) in [7, 11) is 1.77. The number of carbonyl (C=O) groups excluding carboxylic acids is 4. The van der Waals surface area contributed by atoms with Crippen LogP contribution in [0.4, 0.5) is 36.8 Å². The minimum absolute atomic E-state index is 0.0114. The van der Waals surface area contributed by atoms with Crippen LogP contribution in [-0.2, 0) is 64.5 Å². The number of halogens is 2. The largest absolute Gasteiger partial charge is 0.383 e. The van der Waals surface area contributed by atoms with Crippen LogP contribution in [0.25, 0.3) is 11.1 Å². The second-order valence-corrected chi connectivity index (χ2v) is 21.0. The van der Waals surface area contributed by atoms with E-state index in [0.717, 1.165) is 70.3 Å². The molecule has 4 amide bonds. The van der Waals surface area contributed by atoms with Crippen molar-refractivity contribution in [2.45, 2.75) is 78.8 Å². The van der Waals surface area contributed by atoms with Gasteiger partial charge < -0.3 is 49.4 Å². The number of aryl methyl sites for hydroxylation is 4. The molecule has 0 atom stereocenters. The molecular formula is C55H74F2N12O9S. The molecule has 0 aliphatic carbocycles. The number of aromatic nitrogens is 5. The van der Waals surface area contributed by atoms with Crippen LogP contribution in [0.1, 0.15) is 88.9 Å². The van der Waals surface area contributed by atoms with Crippen LogP contribution < -0.4 is 26.2 Å². The fourth-order valence-electron chi connectivity index (χ4n) is 10.0. The maximum atomic E-state index is 14.7. The van der Waals surface area contributed by atoms with E-state index in [1.165, 1.54) is 18.3 Å². The Labute approximate surface area is 463 Å². The molecule has 4 N–H and O–H groups in total. The van der Waals surface area contributed by atoms with E-state index in [0.29, 0.717) is 146 Å². The maximum absolute atomic E-state index is 14.7. The van der Waals surface area contributed by atoms with Gasteiger partial charge in [0.05, 0.1) is 108 Å². The van der Waals surface area contributed by atoms with Crippen LogP contribution in [-0.4, -0.2) is 170 Å². The highest BCUT2D eigenvalue weighted by Crippen LogP contribution is 2.44. The highest BCUT2D eigenvalue weighted by Gasteiger charge is 2.35. The minimum atomic E-state index is -2.68. The van der Waals surface area contributed by atoms with Gasteiger partial charge in [-0.2, -0.15) is 10.2 Å². The maximum Gasteiger partial charge on any atom is 0.264 e. The first-order valence-corrected chi connectivity index (χ1v) is 27.9. The van der Waals surface area contributed by atoms with Crippen molar-refractivity contribution < 1.29 is 51.6 Å². The number of alkyl halides is 2. The predicted octanol–water partition coefficient (Wildman–Crippen LogP) is 6.44. The van der Waals surface area contributed by atoms with E-state index < -0.39 is 6.43 Å². The summed E-state index contributed by atoms with van der Waals surface area (Å²) in [6.07, 6.45) is 4.51.